The molecule has 0 saturated carbocycles. The predicted octanol–water partition coefficient (Wildman–Crippen LogP) is 0.985. The molecule has 1 fully saturated rings. The van der Waals surface area contributed by atoms with Crippen molar-refractivity contribution in [3.8, 4) is 22.8 Å². The first kappa shape index (κ1) is 19.1. The Balaban J connectivity index is 1.65. The Bertz CT molecular complexity index is 1200. The number of nitrogens with one attached hydrogen (secondary N) is 1. The Hall–Kier alpha value is -3.93. The molecule has 158 valence electrons. The molecule has 1 aliphatic heterocycles. The summed E-state index contributed by atoms with van der Waals surface area (Å²) in [5.41, 5.74) is 3.39. The van der Waals surface area contributed by atoms with E-state index < -0.39 is 5.97 Å². The molecule has 1 aliphatic rings. The molecule has 0 bridgehead atoms. The number of carbonyl (C=O) groups excluding carboxylic acids is 1. The predicted molar refractivity (Wildman–Crippen MR) is 108 cm³/mol. The van der Waals surface area contributed by atoms with Gasteiger partial charge >= 0.3 is 5.97 Å². The molecular formula is C19H19N9O3. The maximum Gasteiger partial charge on any atom is 0.359 e. The molecule has 12 heteroatoms. The molecule has 0 amide bonds. The van der Waals surface area contributed by atoms with Crippen LogP contribution in [-0.4, -0.2) is 79.1 Å². The summed E-state index contributed by atoms with van der Waals surface area (Å²) in [4.78, 5) is 24.0. The number of ether oxygens (including phenoxy) is 2. The number of imidazole rings is 1. The molecule has 4 aromatic heterocycles. The number of rotatable bonds is 5. The van der Waals surface area contributed by atoms with Gasteiger partial charge in [0.05, 0.1) is 31.7 Å². The maximum absolute atomic E-state index is 12.7. The Morgan fingerprint density at radius 2 is 2.13 bits per heavy atom. The number of hydrogen-bond donors (Lipinski definition) is 1. The average Bonchev–Trinajstić information content (AvgIpc) is 3.48. The third kappa shape index (κ3) is 3.46. The van der Waals surface area contributed by atoms with Gasteiger partial charge in [-0.05, 0) is 35.5 Å². The third-order valence-corrected chi connectivity index (χ3v) is 4.94. The minimum atomic E-state index is -0.514. The highest BCUT2D eigenvalue weighted by molar-refractivity contribution is 5.96. The SMILES string of the molecule is CCOC(=O)c1nc2c(N3CCOCC3)ccnn2c1-c1ccc(-c2nnn[nH]2)nc1. The number of hydrogen-bond acceptors (Lipinski definition) is 10. The monoisotopic (exact) mass is 421 g/mol. The molecule has 5 heterocycles. The lowest BCUT2D eigenvalue weighted by atomic mass is 10.1. The molecule has 1 N–H and O–H groups in total. The van der Waals surface area contributed by atoms with Gasteiger partial charge in [0.25, 0.3) is 0 Å². The second kappa shape index (κ2) is 8.07. The number of aromatic amines is 1. The van der Waals surface area contributed by atoms with Crippen LogP contribution in [0.2, 0.25) is 0 Å². The quantitative estimate of drug-likeness (QED) is 0.464. The van der Waals surface area contributed by atoms with E-state index in [1.165, 1.54) is 0 Å². The van der Waals surface area contributed by atoms with Gasteiger partial charge in [0.2, 0.25) is 0 Å². The van der Waals surface area contributed by atoms with Gasteiger partial charge in [-0.2, -0.15) is 5.10 Å². The minimum absolute atomic E-state index is 0.186. The Labute approximate surface area is 176 Å². The maximum atomic E-state index is 12.7. The van der Waals surface area contributed by atoms with Gasteiger partial charge in [0.15, 0.2) is 17.2 Å². The van der Waals surface area contributed by atoms with E-state index in [-0.39, 0.29) is 12.3 Å². The van der Waals surface area contributed by atoms with Gasteiger partial charge in [0.1, 0.15) is 11.4 Å². The summed E-state index contributed by atoms with van der Waals surface area (Å²) >= 11 is 0. The summed E-state index contributed by atoms with van der Waals surface area (Å²) in [6.07, 6.45) is 3.33. The van der Waals surface area contributed by atoms with E-state index in [1.54, 1.807) is 29.9 Å². The van der Waals surface area contributed by atoms with E-state index >= 15 is 0 Å². The van der Waals surface area contributed by atoms with Crippen LogP contribution < -0.4 is 4.90 Å². The van der Waals surface area contributed by atoms with E-state index in [0.29, 0.717) is 41.6 Å². The lowest BCUT2D eigenvalue weighted by Gasteiger charge is -2.28. The van der Waals surface area contributed by atoms with Crippen molar-refractivity contribution < 1.29 is 14.3 Å². The molecular weight excluding hydrogens is 402 g/mol. The van der Waals surface area contributed by atoms with Crippen LogP contribution >= 0.6 is 0 Å². The second-order valence-corrected chi connectivity index (χ2v) is 6.76. The van der Waals surface area contributed by atoms with Crippen molar-refractivity contribution >= 4 is 17.3 Å². The van der Waals surface area contributed by atoms with Gasteiger partial charge in [0, 0.05) is 24.8 Å². The molecule has 1 saturated heterocycles. The Morgan fingerprint density at radius 3 is 2.84 bits per heavy atom. The van der Waals surface area contributed by atoms with E-state index in [0.717, 1.165) is 18.8 Å². The number of anilines is 1. The van der Waals surface area contributed by atoms with Gasteiger partial charge in [-0.15, -0.1) is 5.10 Å². The number of H-pyrrole nitrogens is 1. The number of esters is 1. The molecule has 4 aromatic rings. The Kier molecular flexibility index (Phi) is 4.96. The smallest absolute Gasteiger partial charge is 0.359 e. The van der Waals surface area contributed by atoms with Crippen LogP contribution in [0.25, 0.3) is 28.4 Å². The summed E-state index contributed by atoms with van der Waals surface area (Å²) in [5, 5.41) is 18.1. The highest BCUT2D eigenvalue weighted by atomic mass is 16.5. The largest absolute Gasteiger partial charge is 0.461 e. The molecule has 0 aliphatic carbocycles. The van der Waals surface area contributed by atoms with Crippen molar-refractivity contribution in [1.82, 2.24) is 40.2 Å². The lowest BCUT2D eigenvalue weighted by Crippen LogP contribution is -2.36. The van der Waals surface area contributed by atoms with E-state index in [9.17, 15) is 4.79 Å². The van der Waals surface area contributed by atoms with Crippen molar-refractivity contribution in [3.63, 3.8) is 0 Å². The molecule has 5 rings (SSSR count). The van der Waals surface area contributed by atoms with Gasteiger partial charge in [-0.3, -0.25) is 4.98 Å². The van der Waals surface area contributed by atoms with Crippen LogP contribution in [0, 0.1) is 0 Å². The Morgan fingerprint density at radius 1 is 1.26 bits per heavy atom. The fourth-order valence-corrected chi connectivity index (χ4v) is 3.53. The summed E-state index contributed by atoms with van der Waals surface area (Å²) in [6.45, 7) is 4.73. The van der Waals surface area contributed by atoms with Gasteiger partial charge in [-0.25, -0.2) is 19.4 Å². The number of aromatic nitrogens is 8. The topological polar surface area (TPSA) is 136 Å². The van der Waals surface area contributed by atoms with E-state index in [1.807, 2.05) is 12.1 Å². The first-order valence-corrected chi connectivity index (χ1v) is 9.84. The van der Waals surface area contributed by atoms with E-state index in [2.05, 4.69) is 40.6 Å². The van der Waals surface area contributed by atoms with Crippen molar-refractivity contribution in [2.75, 3.05) is 37.8 Å². The van der Waals surface area contributed by atoms with Crippen LogP contribution in [0.15, 0.2) is 30.6 Å². The van der Waals surface area contributed by atoms with Crippen LogP contribution in [0.1, 0.15) is 17.4 Å². The number of carbonyl (C=O) groups is 1. The number of fused-ring (bicyclic) bond motifs is 1. The molecule has 0 aromatic carbocycles. The number of nitrogens with zero attached hydrogens (tertiary/aromatic N) is 8. The fraction of sp³-hybridized carbons (Fsp3) is 0.316. The van der Waals surface area contributed by atoms with Crippen LogP contribution in [0.4, 0.5) is 5.69 Å². The number of morpholine rings is 1. The zero-order valence-corrected chi connectivity index (χ0v) is 16.7. The first-order chi connectivity index (χ1) is 15.3. The number of pyridine rings is 1. The molecule has 31 heavy (non-hydrogen) atoms. The zero-order valence-electron chi connectivity index (χ0n) is 16.7. The normalized spacial score (nSPS) is 14.2. The zero-order chi connectivity index (χ0) is 21.2. The fourth-order valence-electron chi connectivity index (χ4n) is 3.53. The highest BCUT2D eigenvalue weighted by Crippen LogP contribution is 2.30. The van der Waals surface area contributed by atoms with Crippen molar-refractivity contribution in [3.05, 3.63) is 36.3 Å². The van der Waals surface area contributed by atoms with Crippen molar-refractivity contribution in [2.24, 2.45) is 0 Å². The molecule has 0 unspecified atom stereocenters. The van der Waals surface area contributed by atoms with E-state index in [4.69, 9.17) is 9.47 Å². The first-order valence-electron chi connectivity index (χ1n) is 9.84. The standard InChI is InChI=1S/C19H19N9O3/c1-2-31-19(29)15-16(12-3-4-13(20-11-12)17-23-25-26-24-17)28-18(22-15)14(5-6-21-28)27-7-9-30-10-8-27/h3-6,11H,2,7-10H2,1H3,(H,23,24,25,26). The molecule has 0 spiro atoms. The minimum Gasteiger partial charge on any atom is -0.461 e. The summed E-state index contributed by atoms with van der Waals surface area (Å²) in [6, 6.07) is 5.47. The third-order valence-electron chi connectivity index (χ3n) is 4.94. The van der Waals surface area contributed by atoms with Crippen LogP contribution in [-0.2, 0) is 9.47 Å². The number of tetrazole rings is 1. The van der Waals surface area contributed by atoms with Gasteiger partial charge < -0.3 is 14.4 Å². The summed E-state index contributed by atoms with van der Waals surface area (Å²) in [5.74, 6) is -0.0672. The highest BCUT2D eigenvalue weighted by Gasteiger charge is 2.26. The van der Waals surface area contributed by atoms with Crippen molar-refractivity contribution in [2.45, 2.75) is 6.92 Å². The van der Waals surface area contributed by atoms with Crippen LogP contribution in [0.5, 0.6) is 0 Å². The summed E-state index contributed by atoms with van der Waals surface area (Å²) in [7, 11) is 0. The molecule has 0 atom stereocenters. The van der Waals surface area contributed by atoms with Gasteiger partial charge in [-0.1, -0.05) is 0 Å². The lowest BCUT2D eigenvalue weighted by molar-refractivity contribution is 0.0521. The van der Waals surface area contributed by atoms with Crippen molar-refractivity contribution in [1.29, 1.82) is 0 Å². The molecule has 12 nitrogen and oxygen atoms in total. The summed E-state index contributed by atoms with van der Waals surface area (Å²) < 4.78 is 12.4. The second-order valence-electron chi connectivity index (χ2n) is 6.76. The molecule has 0 radical (unpaired) electrons. The van der Waals surface area contributed by atoms with Crippen LogP contribution in [0.3, 0.4) is 0 Å². The average molecular weight is 421 g/mol.